The Hall–Kier alpha value is -0.0900. The lowest BCUT2D eigenvalue weighted by Gasteiger charge is -2.04. The second kappa shape index (κ2) is 4.07. The van der Waals surface area contributed by atoms with Crippen LogP contribution in [0.2, 0.25) is 0 Å². The molecule has 2 N–H and O–H groups in total. The third kappa shape index (κ3) is 3.20. The third-order valence-electron chi connectivity index (χ3n) is 1.45. The van der Waals surface area contributed by atoms with E-state index in [0.29, 0.717) is 0 Å². The predicted molar refractivity (Wildman–Crippen MR) is 56.5 cm³/mol. The number of nitrogens with two attached hydrogens (primary N) is 1. The molecule has 0 aliphatic carbocycles. The highest BCUT2D eigenvalue weighted by atomic mass is 127. The summed E-state index contributed by atoms with van der Waals surface area (Å²) >= 11 is 2.31. The molecule has 1 aromatic rings. The van der Waals surface area contributed by atoms with Crippen molar-refractivity contribution < 1.29 is 0 Å². The van der Waals surface area contributed by atoms with Crippen LogP contribution in [0.15, 0.2) is 24.3 Å². The first-order chi connectivity index (χ1) is 5.18. The summed E-state index contributed by atoms with van der Waals surface area (Å²) < 4.78 is 1.28. The van der Waals surface area contributed by atoms with Gasteiger partial charge in [0.25, 0.3) is 0 Å². The summed E-state index contributed by atoms with van der Waals surface area (Å²) in [7, 11) is 0. The van der Waals surface area contributed by atoms with E-state index in [1.54, 1.807) is 0 Å². The molecule has 1 rings (SSSR count). The summed E-state index contributed by atoms with van der Waals surface area (Å²) in [6, 6.07) is 8.70. The van der Waals surface area contributed by atoms with Gasteiger partial charge in [-0.3, -0.25) is 0 Å². The summed E-state index contributed by atoms with van der Waals surface area (Å²) in [5.41, 5.74) is 7.00. The molecule has 1 nitrogen and oxygen atoms in total. The molecule has 0 aromatic heterocycles. The van der Waals surface area contributed by atoms with Crippen molar-refractivity contribution in [3.8, 4) is 0 Å². The number of benzene rings is 1. The summed E-state index contributed by atoms with van der Waals surface area (Å²) in [5.74, 6) is 0. The van der Waals surface area contributed by atoms with E-state index in [4.69, 9.17) is 5.73 Å². The minimum atomic E-state index is 0.258. The van der Waals surface area contributed by atoms with Crippen LogP contribution in [0, 0.1) is 3.57 Å². The van der Waals surface area contributed by atoms with Crippen molar-refractivity contribution in [2.75, 3.05) is 0 Å². The zero-order chi connectivity index (χ0) is 8.27. The summed E-state index contributed by atoms with van der Waals surface area (Å²) in [6.45, 7) is 2.03. The molecule has 1 unspecified atom stereocenters. The monoisotopic (exact) mass is 261 g/mol. The van der Waals surface area contributed by atoms with Crippen LogP contribution in [-0.2, 0) is 6.42 Å². The molecule has 0 saturated heterocycles. The molecule has 2 heteroatoms. The Morgan fingerprint density at radius 3 is 2.82 bits per heavy atom. The molecule has 60 valence electrons. The molecular weight excluding hydrogens is 249 g/mol. The largest absolute Gasteiger partial charge is 0.328 e. The van der Waals surface area contributed by atoms with Gasteiger partial charge < -0.3 is 5.73 Å². The van der Waals surface area contributed by atoms with E-state index in [1.807, 2.05) is 6.92 Å². The Morgan fingerprint density at radius 2 is 2.27 bits per heavy atom. The van der Waals surface area contributed by atoms with E-state index in [2.05, 4.69) is 46.9 Å². The van der Waals surface area contributed by atoms with E-state index in [1.165, 1.54) is 9.13 Å². The van der Waals surface area contributed by atoms with Crippen molar-refractivity contribution in [3.05, 3.63) is 33.4 Å². The van der Waals surface area contributed by atoms with E-state index < -0.39 is 0 Å². The highest BCUT2D eigenvalue weighted by molar-refractivity contribution is 14.1. The molecule has 1 aromatic carbocycles. The number of hydrogen-bond acceptors (Lipinski definition) is 1. The molecule has 0 aliphatic heterocycles. The number of hydrogen-bond donors (Lipinski definition) is 1. The molecule has 0 bridgehead atoms. The molecule has 11 heavy (non-hydrogen) atoms. The molecule has 0 spiro atoms. The smallest absolute Gasteiger partial charge is 0.0133 e. The van der Waals surface area contributed by atoms with Gasteiger partial charge in [-0.1, -0.05) is 12.1 Å². The maximum atomic E-state index is 5.67. The third-order valence-corrected chi connectivity index (χ3v) is 2.12. The first kappa shape index (κ1) is 9.00. The lowest BCUT2D eigenvalue weighted by Crippen LogP contribution is -2.17. The first-order valence-corrected chi connectivity index (χ1v) is 4.76. The van der Waals surface area contributed by atoms with E-state index in [0.717, 1.165) is 6.42 Å². The summed E-state index contributed by atoms with van der Waals surface area (Å²) in [6.07, 6.45) is 0.969. The lowest BCUT2D eigenvalue weighted by molar-refractivity contribution is 0.738. The maximum Gasteiger partial charge on any atom is 0.0133 e. The van der Waals surface area contributed by atoms with E-state index >= 15 is 0 Å². The highest BCUT2D eigenvalue weighted by Crippen LogP contribution is 2.08. The quantitative estimate of drug-likeness (QED) is 0.811. The topological polar surface area (TPSA) is 26.0 Å². The Balaban J connectivity index is 2.71. The van der Waals surface area contributed by atoms with Crippen molar-refractivity contribution in [2.24, 2.45) is 5.73 Å². The summed E-state index contributed by atoms with van der Waals surface area (Å²) in [4.78, 5) is 0. The van der Waals surface area contributed by atoms with E-state index in [9.17, 15) is 0 Å². The molecule has 1 atom stereocenters. The molecule has 0 aliphatic rings. The lowest BCUT2D eigenvalue weighted by atomic mass is 10.1. The van der Waals surface area contributed by atoms with E-state index in [-0.39, 0.29) is 6.04 Å². The Labute approximate surface area is 81.1 Å². The summed E-state index contributed by atoms with van der Waals surface area (Å²) in [5, 5.41) is 0. The molecule has 0 radical (unpaired) electrons. The fraction of sp³-hybridized carbons (Fsp3) is 0.333. The van der Waals surface area contributed by atoms with Crippen molar-refractivity contribution in [3.63, 3.8) is 0 Å². The first-order valence-electron chi connectivity index (χ1n) is 3.68. The molecule has 0 heterocycles. The standard InChI is InChI=1S/C9H12IN/c1-7(11)5-8-3-2-4-9(10)6-8/h2-4,6-7H,5,11H2,1H3. The fourth-order valence-corrected chi connectivity index (χ4v) is 1.64. The molecule has 0 amide bonds. The van der Waals surface area contributed by atoms with Crippen molar-refractivity contribution in [1.82, 2.24) is 0 Å². The van der Waals surface area contributed by atoms with Crippen LogP contribution in [-0.4, -0.2) is 6.04 Å². The average molecular weight is 261 g/mol. The van der Waals surface area contributed by atoms with Crippen LogP contribution in [0.5, 0.6) is 0 Å². The van der Waals surface area contributed by atoms with Crippen molar-refractivity contribution in [2.45, 2.75) is 19.4 Å². The van der Waals surface area contributed by atoms with Gasteiger partial charge in [-0.15, -0.1) is 0 Å². The average Bonchev–Trinajstić information content (AvgIpc) is 1.85. The second-order valence-corrected chi connectivity index (χ2v) is 4.06. The zero-order valence-corrected chi connectivity index (χ0v) is 8.71. The van der Waals surface area contributed by atoms with Crippen LogP contribution < -0.4 is 5.73 Å². The van der Waals surface area contributed by atoms with Crippen LogP contribution in [0.3, 0.4) is 0 Å². The van der Waals surface area contributed by atoms with Gasteiger partial charge in [-0.05, 0) is 53.6 Å². The Kier molecular flexibility index (Phi) is 3.33. The molecule has 0 saturated carbocycles. The normalized spacial score (nSPS) is 13.0. The van der Waals surface area contributed by atoms with Crippen LogP contribution in [0.4, 0.5) is 0 Å². The minimum absolute atomic E-state index is 0.258. The molecule has 0 fully saturated rings. The van der Waals surface area contributed by atoms with Gasteiger partial charge in [-0.2, -0.15) is 0 Å². The predicted octanol–water partition coefficient (Wildman–Crippen LogP) is 2.18. The molecular formula is C9H12IN. The zero-order valence-electron chi connectivity index (χ0n) is 6.55. The van der Waals surface area contributed by atoms with Crippen LogP contribution >= 0.6 is 22.6 Å². The number of halogens is 1. The van der Waals surface area contributed by atoms with Crippen molar-refractivity contribution in [1.29, 1.82) is 0 Å². The van der Waals surface area contributed by atoms with Crippen molar-refractivity contribution >= 4 is 22.6 Å². The van der Waals surface area contributed by atoms with Gasteiger partial charge in [0.1, 0.15) is 0 Å². The van der Waals surface area contributed by atoms with Crippen LogP contribution in [0.25, 0.3) is 0 Å². The Bertz CT molecular complexity index is 233. The van der Waals surface area contributed by atoms with Gasteiger partial charge in [-0.25, -0.2) is 0 Å². The maximum absolute atomic E-state index is 5.67. The van der Waals surface area contributed by atoms with Gasteiger partial charge in [0.2, 0.25) is 0 Å². The number of rotatable bonds is 2. The van der Waals surface area contributed by atoms with Gasteiger partial charge >= 0.3 is 0 Å². The fourth-order valence-electron chi connectivity index (χ4n) is 1.04. The second-order valence-electron chi connectivity index (χ2n) is 2.81. The van der Waals surface area contributed by atoms with Gasteiger partial charge in [0, 0.05) is 9.61 Å². The highest BCUT2D eigenvalue weighted by Gasteiger charge is 1.96. The van der Waals surface area contributed by atoms with Crippen LogP contribution in [0.1, 0.15) is 12.5 Å². The Morgan fingerprint density at radius 1 is 1.55 bits per heavy atom. The minimum Gasteiger partial charge on any atom is -0.328 e. The van der Waals surface area contributed by atoms with Gasteiger partial charge in [0.15, 0.2) is 0 Å². The van der Waals surface area contributed by atoms with Gasteiger partial charge in [0.05, 0.1) is 0 Å². The SMILES string of the molecule is CC(N)Cc1cccc(I)c1.